The van der Waals surface area contributed by atoms with Crippen molar-refractivity contribution >= 4 is 0 Å². The van der Waals surface area contributed by atoms with Gasteiger partial charge in [0.1, 0.15) is 0 Å². The Bertz CT molecular complexity index is 235. The third kappa shape index (κ3) is 3.98. The fraction of sp³-hybridized carbons (Fsp3) is 1.00. The number of hydrogen-bond donors (Lipinski definition) is 2. The Balaban J connectivity index is 1.96. The maximum Gasteiger partial charge on any atom is 0.0540 e. The van der Waals surface area contributed by atoms with Crippen LogP contribution in [0.25, 0.3) is 0 Å². The van der Waals surface area contributed by atoms with Crippen molar-refractivity contribution in [1.82, 2.24) is 0 Å². The molecule has 0 aromatic heterocycles. The van der Waals surface area contributed by atoms with Crippen molar-refractivity contribution in [3.63, 3.8) is 0 Å². The summed E-state index contributed by atoms with van der Waals surface area (Å²) >= 11 is 0. The summed E-state index contributed by atoms with van der Waals surface area (Å²) < 4.78 is 0. The summed E-state index contributed by atoms with van der Waals surface area (Å²) in [5.41, 5.74) is 0. The molecule has 0 radical (unpaired) electrons. The molecule has 2 saturated carbocycles. The molecular weight excluding hydrogens is 248 g/mol. The number of aliphatic hydroxyl groups excluding tert-OH is 2. The van der Waals surface area contributed by atoms with Crippen LogP contribution in [-0.2, 0) is 0 Å². The Labute approximate surface area is 125 Å². The Morgan fingerprint density at radius 2 is 0.950 bits per heavy atom. The highest BCUT2D eigenvalue weighted by Gasteiger charge is 2.35. The highest BCUT2D eigenvalue weighted by atomic mass is 16.3. The number of hydrogen-bond acceptors (Lipinski definition) is 2. The van der Waals surface area contributed by atoms with Crippen LogP contribution in [0.15, 0.2) is 0 Å². The molecule has 2 atom stereocenters. The van der Waals surface area contributed by atoms with Gasteiger partial charge in [0, 0.05) is 0 Å². The van der Waals surface area contributed by atoms with Gasteiger partial charge in [-0.3, -0.25) is 0 Å². The van der Waals surface area contributed by atoms with Gasteiger partial charge in [0.15, 0.2) is 0 Å². The monoisotopic (exact) mass is 282 g/mol. The molecule has 2 rings (SSSR count). The second kappa shape index (κ2) is 7.79. The van der Waals surface area contributed by atoms with E-state index < -0.39 is 0 Å². The molecule has 118 valence electrons. The van der Waals surface area contributed by atoms with Gasteiger partial charge in [0.2, 0.25) is 0 Å². The summed E-state index contributed by atoms with van der Waals surface area (Å²) in [6.45, 7) is 4.71. The van der Waals surface area contributed by atoms with Crippen LogP contribution in [0.5, 0.6) is 0 Å². The predicted molar refractivity (Wildman–Crippen MR) is 83.5 cm³/mol. The van der Waals surface area contributed by atoms with Crippen molar-refractivity contribution in [2.45, 2.75) is 90.3 Å². The smallest absolute Gasteiger partial charge is 0.0540 e. The summed E-state index contributed by atoms with van der Waals surface area (Å²) in [4.78, 5) is 0. The zero-order valence-electron chi connectivity index (χ0n) is 13.4. The Morgan fingerprint density at radius 1 is 0.650 bits per heavy atom. The second-order valence-electron chi connectivity index (χ2n) is 7.28. The first-order chi connectivity index (χ1) is 9.65. The van der Waals surface area contributed by atoms with Gasteiger partial charge in [-0.05, 0) is 75.0 Å². The Morgan fingerprint density at radius 3 is 1.20 bits per heavy atom. The summed E-state index contributed by atoms with van der Waals surface area (Å²) in [5.74, 6) is 3.35. The fourth-order valence-electron chi connectivity index (χ4n) is 5.03. The van der Waals surface area contributed by atoms with Gasteiger partial charge in [-0.25, -0.2) is 0 Å². The van der Waals surface area contributed by atoms with Crippen LogP contribution in [0, 0.1) is 23.7 Å². The van der Waals surface area contributed by atoms with Gasteiger partial charge in [-0.1, -0.05) is 26.7 Å². The lowest BCUT2D eigenvalue weighted by molar-refractivity contribution is 0.0356. The van der Waals surface area contributed by atoms with E-state index in [1.165, 1.54) is 38.5 Å². The molecule has 2 aliphatic carbocycles. The highest BCUT2D eigenvalue weighted by Crippen LogP contribution is 2.43. The van der Waals surface area contributed by atoms with Crippen LogP contribution in [0.2, 0.25) is 0 Å². The average molecular weight is 282 g/mol. The quantitative estimate of drug-likeness (QED) is 0.795. The van der Waals surface area contributed by atoms with Crippen molar-refractivity contribution in [1.29, 1.82) is 0 Å². The van der Waals surface area contributed by atoms with E-state index in [1.807, 2.05) is 0 Å². The lowest BCUT2D eigenvalue weighted by Crippen LogP contribution is -2.34. The van der Waals surface area contributed by atoms with Crippen LogP contribution in [-0.4, -0.2) is 22.4 Å². The molecule has 2 aliphatic rings. The van der Waals surface area contributed by atoms with Gasteiger partial charge in [0.25, 0.3) is 0 Å². The lowest BCUT2D eigenvalue weighted by Gasteiger charge is -2.41. The van der Waals surface area contributed by atoms with Gasteiger partial charge < -0.3 is 10.2 Å². The Kier molecular flexibility index (Phi) is 6.35. The van der Waals surface area contributed by atoms with Crippen LogP contribution in [0.1, 0.15) is 78.1 Å². The molecule has 0 unspecified atom stereocenters. The summed E-state index contributed by atoms with van der Waals surface area (Å²) in [5, 5.41) is 19.5. The van der Waals surface area contributed by atoms with E-state index in [1.54, 1.807) is 0 Å². The molecule has 0 spiro atoms. The minimum atomic E-state index is -0.0336. The molecule has 0 amide bonds. The molecule has 0 saturated heterocycles. The first-order valence-corrected chi connectivity index (χ1v) is 9.01. The van der Waals surface area contributed by atoms with Crippen LogP contribution in [0.4, 0.5) is 0 Å². The standard InChI is InChI=1S/C18H34O2/c1-3-17(13-5-9-15(19)10-6-13)18(4-2)14-7-11-16(20)12-8-14/h13-20H,3-12H2,1-2H3/t13?,14?,15?,16?,17-,18+. The molecule has 0 heterocycles. The van der Waals surface area contributed by atoms with E-state index in [0.717, 1.165) is 49.4 Å². The maximum atomic E-state index is 9.73. The highest BCUT2D eigenvalue weighted by molar-refractivity contribution is 4.86. The minimum absolute atomic E-state index is 0.0336. The molecule has 2 N–H and O–H groups in total. The van der Waals surface area contributed by atoms with E-state index in [-0.39, 0.29) is 12.2 Å². The van der Waals surface area contributed by atoms with E-state index in [2.05, 4.69) is 13.8 Å². The largest absolute Gasteiger partial charge is 0.393 e. The summed E-state index contributed by atoms with van der Waals surface area (Å²) in [6.07, 6.45) is 11.5. The molecule has 0 aromatic rings. The third-order valence-electron chi connectivity index (χ3n) is 6.19. The minimum Gasteiger partial charge on any atom is -0.393 e. The molecular formula is C18H34O2. The first kappa shape index (κ1) is 16.3. The van der Waals surface area contributed by atoms with Crippen molar-refractivity contribution in [2.24, 2.45) is 23.7 Å². The number of aliphatic hydroxyl groups is 2. The molecule has 0 aromatic carbocycles. The average Bonchev–Trinajstić information content (AvgIpc) is 2.47. The van der Waals surface area contributed by atoms with E-state index in [9.17, 15) is 10.2 Å². The molecule has 2 fully saturated rings. The zero-order valence-corrected chi connectivity index (χ0v) is 13.4. The van der Waals surface area contributed by atoms with Crippen molar-refractivity contribution < 1.29 is 10.2 Å². The van der Waals surface area contributed by atoms with Crippen LogP contribution >= 0.6 is 0 Å². The molecule has 20 heavy (non-hydrogen) atoms. The zero-order chi connectivity index (χ0) is 14.5. The number of rotatable bonds is 5. The van der Waals surface area contributed by atoms with Crippen molar-refractivity contribution in [3.05, 3.63) is 0 Å². The SMILES string of the molecule is CC[C@H](C1CCC(O)CC1)[C@@H](CC)C1CCC(O)CC1. The van der Waals surface area contributed by atoms with E-state index in [4.69, 9.17) is 0 Å². The predicted octanol–water partition coefficient (Wildman–Crippen LogP) is 4.14. The van der Waals surface area contributed by atoms with Gasteiger partial charge in [0.05, 0.1) is 12.2 Å². The summed E-state index contributed by atoms with van der Waals surface area (Å²) in [6, 6.07) is 0. The summed E-state index contributed by atoms with van der Waals surface area (Å²) in [7, 11) is 0. The first-order valence-electron chi connectivity index (χ1n) is 9.01. The van der Waals surface area contributed by atoms with Crippen molar-refractivity contribution in [3.8, 4) is 0 Å². The van der Waals surface area contributed by atoms with E-state index in [0.29, 0.717) is 0 Å². The topological polar surface area (TPSA) is 40.5 Å². The van der Waals surface area contributed by atoms with Gasteiger partial charge in [-0.15, -0.1) is 0 Å². The van der Waals surface area contributed by atoms with Gasteiger partial charge in [-0.2, -0.15) is 0 Å². The van der Waals surface area contributed by atoms with E-state index >= 15 is 0 Å². The molecule has 0 bridgehead atoms. The molecule has 0 aliphatic heterocycles. The lowest BCUT2D eigenvalue weighted by atomic mass is 9.65. The maximum absolute atomic E-state index is 9.73. The fourth-order valence-corrected chi connectivity index (χ4v) is 5.03. The molecule has 2 heteroatoms. The van der Waals surface area contributed by atoms with Crippen molar-refractivity contribution in [2.75, 3.05) is 0 Å². The van der Waals surface area contributed by atoms with Crippen LogP contribution < -0.4 is 0 Å². The normalized spacial score (nSPS) is 38.4. The Hall–Kier alpha value is -0.0800. The molecule has 2 nitrogen and oxygen atoms in total. The second-order valence-corrected chi connectivity index (χ2v) is 7.28. The third-order valence-corrected chi connectivity index (χ3v) is 6.19. The van der Waals surface area contributed by atoms with Gasteiger partial charge >= 0.3 is 0 Å². The van der Waals surface area contributed by atoms with Crippen LogP contribution in [0.3, 0.4) is 0 Å².